The van der Waals surface area contributed by atoms with Gasteiger partial charge < -0.3 is 10.1 Å². The van der Waals surface area contributed by atoms with Crippen molar-refractivity contribution in [3.8, 4) is 5.75 Å². The second kappa shape index (κ2) is 10.4. The highest BCUT2D eigenvalue weighted by Gasteiger charge is 2.15. The molecular weight excluding hydrogens is 382 g/mol. The van der Waals surface area contributed by atoms with Crippen LogP contribution in [0.1, 0.15) is 56.5 Å². The number of amides is 3. The number of hydrogen-bond acceptors (Lipinski definition) is 4. The maximum atomic E-state index is 12.1. The van der Waals surface area contributed by atoms with E-state index in [0.717, 1.165) is 11.3 Å². The van der Waals surface area contributed by atoms with Gasteiger partial charge in [-0.15, -0.1) is 0 Å². The van der Waals surface area contributed by atoms with Crippen molar-refractivity contribution in [3.63, 3.8) is 0 Å². The smallest absolute Gasteiger partial charge is 0.269 e. The number of hydrogen-bond donors (Lipinski definition) is 3. The van der Waals surface area contributed by atoms with Gasteiger partial charge in [0.25, 0.3) is 5.91 Å². The van der Waals surface area contributed by atoms with Crippen molar-refractivity contribution >= 4 is 23.4 Å². The Labute approximate surface area is 177 Å². The molecule has 0 radical (unpaired) electrons. The van der Waals surface area contributed by atoms with Gasteiger partial charge in [-0.1, -0.05) is 32.9 Å². The summed E-state index contributed by atoms with van der Waals surface area (Å²) in [7, 11) is 0. The lowest BCUT2D eigenvalue weighted by molar-refractivity contribution is -0.124. The van der Waals surface area contributed by atoms with Crippen LogP contribution in [0.4, 0.5) is 5.69 Å². The fourth-order valence-electron chi connectivity index (χ4n) is 2.63. The Morgan fingerprint density at radius 2 is 1.43 bits per heavy atom. The lowest BCUT2D eigenvalue weighted by Gasteiger charge is -2.19. The summed E-state index contributed by atoms with van der Waals surface area (Å²) in [6.45, 7) is 8.74. The minimum atomic E-state index is -0.448. The van der Waals surface area contributed by atoms with E-state index in [1.54, 1.807) is 36.4 Å². The Balaban J connectivity index is 1.73. The molecule has 3 amide bonds. The molecule has 3 N–H and O–H groups in total. The topological polar surface area (TPSA) is 96.5 Å². The Morgan fingerprint density at radius 1 is 0.833 bits per heavy atom. The van der Waals surface area contributed by atoms with Crippen LogP contribution >= 0.6 is 0 Å². The van der Waals surface area contributed by atoms with Crippen LogP contribution in [0.2, 0.25) is 0 Å². The highest BCUT2D eigenvalue weighted by molar-refractivity contribution is 5.96. The average molecular weight is 412 g/mol. The highest BCUT2D eigenvalue weighted by Crippen LogP contribution is 2.22. The van der Waals surface area contributed by atoms with Crippen LogP contribution in [-0.2, 0) is 15.0 Å². The molecule has 7 nitrogen and oxygen atoms in total. The molecule has 0 aliphatic heterocycles. The molecule has 160 valence electrons. The summed E-state index contributed by atoms with van der Waals surface area (Å²) in [5.41, 5.74) is 6.87. The third-order valence-corrected chi connectivity index (χ3v) is 4.36. The van der Waals surface area contributed by atoms with Crippen molar-refractivity contribution in [3.05, 3.63) is 59.7 Å². The summed E-state index contributed by atoms with van der Waals surface area (Å²) >= 11 is 0. The van der Waals surface area contributed by atoms with Gasteiger partial charge in [-0.25, -0.2) is 0 Å². The maximum absolute atomic E-state index is 12.1. The van der Waals surface area contributed by atoms with Gasteiger partial charge in [0.15, 0.2) is 0 Å². The second-order valence-corrected chi connectivity index (χ2v) is 7.84. The molecule has 0 aromatic heterocycles. The molecular formula is C23H29N3O4. The van der Waals surface area contributed by atoms with Crippen LogP contribution in [0.15, 0.2) is 48.5 Å². The van der Waals surface area contributed by atoms with E-state index in [4.69, 9.17) is 4.74 Å². The molecule has 0 bridgehead atoms. The zero-order valence-corrected chi connectivity index (χ0v) is 17.9. The number of anilines is 1. The van der Waals surface area contributed by atoms with E-state index < -0.39 is 11.8 Å². The fourth-order valence-corrected chi connectivity index (χ4v) is 2.63. The van der Waals surface area contributed by atoms with Crippen LogP contribution in [0, 0.1) is 0 Å². The van der Waals surface area contributed by atoms with Crippen LogP contribution in [-0.4, -0.2) is 24.3 Å². The van der Waals surface area contributed by atoms with Gasteiger partial charge in [-0.2, -0.15) is 0 Å². The Morgan fingerprint density at radius 3 is 2.00 bits per heavy atom. The first kappa shape index (κ1) is 22.9. The SMILES string of the molecule is CCOc1ccc(NC(=O)CCC(=O)NNC(=O)c2ccc(C(C)(C)C)cc2)cc1. The van der Waals surface area contributed by atoms with Crippen LogP contribution in [0.5, 0.6) is 5.75 Å². The molecule has 2 aromatic rings. The van der Waals surface area contributed by atoms with Crippen molar-refractivity contribution in [2.45, 2.75) is 46.0 Å². The Bertz CT molecular complexity index is 869. The molecule has 2 aromatic carbocycles. The summed E-state index contributed by atoms with van der Waals surface area (Å²) in [6, 6.07) is 14.2. The molecule has 0 heterocycles. The molecule has 0 unspecified atom stereocenters. The number of nitrogens with one attached hydrogen (secondary N) is 3. The second-order valence-electron chi connectivity index (χ2n) is 7.84. The van der Waals surface area contributed by atoms with E-state index in [-0.39, 0.29) is 24.2 Å². The lowest BCUT2D eigenvalue weighted by atomic mass is 9.87. The molecule has 0 aliphatic carbocycles. The summed E-state index contributed by atoms with van der Waals surface area (Å²) < 4.78 is 5.34. The molecule has 0 fully saturated rings. The van der Waals surface area contributed by atoms with Crippen molar-refractivity contribution in [2.75, 3.05) is 11.9 Å². The number of hydrazine groups is 1. The number of benzene rings is 2. The molecule has 0 atom stereocenters. The fraction of sp³-hybridized carbons (Fsp3) is 0.348. The van der Waals surface area contributed by atoms with E-state index >= 15 is 0 Å². The van der Waals surface area contributed by atoms with Gasteiger partial charge in [0, 0.05) is 24.1 Å². The van der Waals surface area contributed by atoms with Gasteiger partial charge in [0.1, 0.15) is 5.75 Å². The van der Waals surface area contributed by atoms with Gasteiger partial charge >= 0.3 is 0 Å². The average Bonchev–Trinajstić information content (AvgIpc) is 2.71. The molecule has 2 rings (SSSR count). The molecule has 7 heteroatoms. The number of ether oxygens (including phenoxy) is 1. The first-order chi connectivity index (χ1) is 14.2. The van der Waals surface area contributed by atoms with Crippen LogP contribution in [0.3, 0.4) is 0 Å². The van der Waals surface area contributed by atoms with E-state index in [1.165, 1.54) is 0 Å². The summed E-state index contributed by atoms with van der Waals surface area (Å²) in [5.74, 6) is -0.434. The zero-order valence-electron chi connectivity index (χ0n) is 17.9. The van der Waals surface area contributed by atoms with Crippen LogP contribution in [0.25, 0.3) is 0 Å². The maximum Gasteiger partial charge on any atom is 0.269 e. The molecule has 0 saturated carbocycles. The normalized spacial score (nSPS) is 10.8. The first-order valence-electron chi connectivity index (χ1n) is 9.91. The van der Waals surface area contributed by atoms with Gasteiger partial charge in [0.05, 0.1) is 6.61 Å². The predicted molar refractivity (Wildman–Crippen MR) is 116 cm³/mol. The van der Waals surface area contributed by atoms with Crippen molar-refractivity contribution in [2.24, 2.45) is 0 Å². The van der Waals surface area contributed by atoms with Crippen molar-refractivity contribution in [1.82, 2.24) is 10.9 Å². The summed E-state index contributed by atoms with van der Waals surface area (Å²) in [4.78, 5) is 36.1. The van der Waals surface area contributed by atoms with E-state index in [1.807, 2.05) is 19.1 Å². The minimum absolute atomic E-state index is 0.00477. The monoisotopic (exact) mass is 411 g/mol. The predicted octanol–water partition coefficient (Wildman–Crippen LogP) is 3.56. The van der Waals surface area contributed by atoms with Crippen LogP contribution < -0.4 is 20.9 Å². The third-order valence-electron chi connectivity index (χ3n) is 4.36. The lowest BCUT2D eigenvalue weighted by Crippen LogP contribution is -2.41. The molecule has 0 saturated heterocycles. The molecule has 30 heavy (non-hydrogen) atoms. The molecule has 0 spiro atoms. The Kier molecular flexibility index (Phi) is 7.98. The number of carbonyl (C=O) groups is 3. The number of rotatable bonds is 7. The quantitative estimate of drug-likeness (QED) is 0.607. The standard InChI is InChI=1S/C23H29N3O4/c1-5-30-19-12-10-18(11-13-19)24-20(27)14-15-21(28)25-26-22(29)16-6-8-17(9-7-16)23(2,3)4/h6-13H,5,14-15H2,1-4H3,(H,24,27)(H,25,28)(H,26,29). The van der Waals surface area contributed by atoms with Crippen molar-refractivity contribution in [1.29, 1.82) is 0 Å². The first-order valence-corrected chi connectivity index (χ1v) is 9.91. The summed E-state index contributed by atoms with van der Waals surface area (Å²) in [6.07, 6.45) is -0.0543. The molecule has 0 aliphatic rings. The van der Waals surface area contributed by atoms with Gasteiger partial charge in [-0.3, -0.25) is 25.2 Å². The highest BCUT2D eigenvalue weighted by atomic mass is 16.5. The third kappa shape index (κ3) is 7.24. The van der Waals surface area contributed by atoms with Gasteiger partial charge in [-0.05, 0) is 54.3 Å². The van der Waals surface area contributed by atoms with E-state index in [2.05, 4.69) is 36.9 Å². The number of carbonyl (C=O) groups excluding carboxylic acids is 3. The van der Waals surface area contributed by atoms with E-state index in [0.29, 0.717) is 17.9 Å². The summed E-state index contributed by atoms with van der Waals surface area (Å²) in [5, 5.41) is 2.71. The van der Waals surface area contributed by atoms with Crippen molar-refractivity contribution < 1.29 is 19.1 Å². The Hall–Kier alpha value is -3.35. The minimum Gasteiger partial charge on any atom is -0.494 e. The zero-order chi connectivity index (χ0) is 22.1. The van der Waals surface area contributed by atoms with Gasteiger partial charge in [0.2, 0.25) is 11.8 Å². The largest absolute Gasteiger partial charge is 0.494 e. The van der Waals surface area contributed by atoms with E-state index in [9.17, 15) is 14.4 Å².